The van der Waals surface area contributed by atoms with Crippen LogP contribution >= 0.6 is 11.8 Å². The predicted molar refractivity (Wildman–Crippen MR) is 86.4 cm³/mol. The fourth-order valence-electron chi connectivity index (χ4n) is 3.79. The highest BCUT2D eigenvalue weighted by Crippen LogP contribution is 2.51. The molecule has 0 unspecified atom stereocenters. The van der Waals surface area contributed by atoms with Crippen molar-refractivity contribution in [1.82, 2.24) is 4.90 Å². The van der Waals surface area contributed by atoms with Crippen LogP contribution in [0.15, 0.2) is 0 Å². The molecule has 4 nitrogen and oxygen atoms in total. The Morgan fingerprint density at radius 1 is 1.43 bits per heavy atom. The molecule has 2 atom stereocenters. The van der Waals surface area contributed by atoms with Gasteiger partial charge in [-0.2, -0.15) is 11.8 Å². The van der Waals surface area contributed by atoms with Gasteiger partial charge in [0.1, 0.15) is 0 Å². The number of ether oxygens (including phenoxy) is 1. The van der Waals surface area contributed by atoms with Gasteiger partial charge < -0.3 is 14.7 Å². The second-order valence-electron chi connectivity index (χ2n) is 7.04. The molecule has 1 saturated heterocycles. The summed E-state index contributed by atoms with van der Waals surface area (Å²) in [6, 6.07) is 0. The van der Waals surface area contributed by atoms with Gasteiger partial charge in [-0.15, -0.1) is 0 Å². The lowest BCUT2D eigenvalue weighted by Gasteiger charge is -2.57. The fraction of sp³-hybridized carbons (Fsp3) is 0.938. The molecule has 0 aromatic carbocycles. The molecule has 1 heterocycles. The van der Waals surface area contributed by atoms with Gasteiger partial charge in [-0.3, -0.25) is 4.79 Å². The summed E-state index contributed by atoms with van der Waals surface area (Å²) in [5, 5.41) is 10.2. The van der Waals surface area contributed by atoms with E-state index in [1.807, 2.05) is 31.9 Å². The Balaban J connectivity index is 1.95. The molecule has 2 rings (SSSR count). The van der Waals surface area contributed by atoms with E-state index in [2.05, 4.69) is 0 Å². The predicted octanol–water partition coefficient (Wildman–Crippen LogP) is 2.15. The van der Waals surface area contributed by atoms with E-state index in [9.17, 15) is 9.90 Å². The van der Waals surface area contributed by atoms with Gasteiger partial charge in [0, 0.05) is 37.3 Å². The van der Waals surface area contributed by atoms with Gasteiger partial charge in [0.15, 0.2) is 0 Å². The van der Waals surface area contributed by atoms with Crippen LogP contribution in [0.2, 0.25) is 0 Å². The van der Waals surface area contributed by atoms with Crippen LogP contribution in [0.5, 0.6) is 0 Å². The van der Waals surface area contributed by atoms with Crippen molar-refractivity contribution in [3.8, 4) is 0 Å². The Kier molecular flexibility index (Phi) is 5.27. The minimum atomic E-state index is -0.304. The number of hydrogen-bond donors (Lipinski definition) is 1. The molecule has 0 radical (unpaired) electrons. The number of carbonyl (C=O) groups excluding carboxylic acids is 1. The first kappa shape index (κ1) is 17.1. The number of thioether (sulfide) groups is 1. The molecule has 0 aromatic rings. The van der Waals surface area contributed by atoms with Crippen LogP contribution in [0.3, 0.4) is 0 Å². The van der Waals surface area contributed by atoms with Crippen molar-refractivity contribution in [3.05, 3.63) is 0 Å². The third kappa shape index (κ3) is 3.10. The van der Waals surface area contributed by atoms with Crippen molar-refractivity contribution in [2.24, 2.45) is 10.8 Å². The molecule has 2 aliphatic rings. The van der Waals surface area contributed by atoms with Crippen molar-refractivity contribution >= 4 is 17.7 Å². The molecule has 0 aromatic heterocycles. The summed E-state index contributed by atoms with van der Waals surface area (Å²) in [5.74, 6) is 1.09. The summed E-state index contributed by atoms with van der Waals surface area (Å²) in [4.78, 5) is 14.6. The Bertz CT molecular complexity index is 376. The zero-order valence-corrected chi connectivity index (χ0v) is 14.5. The largest absolute Gasteiger partial charge is 0.392 e. The Morgan fingerprint density at radius 2 is 2.05 bits per heavy atom. The average molecular weight is 315 g/mol. The molecule has 0 bridgehead atoms. The third-order valence-electron chi connectivity index (χ3n) is 5.18. The van der Waals surface area contributed by atoms with E-state index in [1.54, 1.807) is 11.8 Å². The molecule has 1 spiro atoms. The topological polar surface area (TPSA) is 49.8 Å². The lowest BCUT2D eigenvalue weighted by molar-refractivity contribution is -0.210. The molecular formula is C16H29NO3S. The number of aliphatic hydroxyl groups excluding tert-OH is 1. The van der Waals surface area contributed by atoms with Crippen LogP contribution in [0, 0.1) is 10.8 Å². The quantitative estimate of drug-likeness (QED) is 0.844. The fourth-order valence-corrected chi connectivity index (χ4v) is 4.64. The Hall–Kier alpha value is -0.260. The van der Waals surface area contributed by atoms with Crippen molar-refractivity contribution in [2.75, 3.05) is 31.7 Å². The monoisotopic (exact) mass is 315 g/mol. The number of amides is 1. The number of aliphatic hydroxyl groups is 1. The second-order valence-corrected chi connectivity index (χ2v) is 7.90. The highest BCUT2D eigenvalue weighted by atomic mass is 32.2. The van der Waals surface area contributed by atoms with Crippen molar-refractivity contribution in [3.63, 3.8) is 0 Å². The maximum atomic E-state index is 12.6. The first-order chi connectivity index (χ1) is 9.87. The first-order valence-electron chi connectivity index (χ1n) is 7.95. The standard InChI is InChI=1S/C16H29NO3S/c1-5-20-13-10-12(18)16(13)6-8-17(9-7-16)14(19)15(2,3)11-21-4/h12-13,18H,5-11H2,1-4H3/t12-,13-/m1/s1. The summed E-state index contributed by atoms with van der Waals surface area (Å²) in [6.45, 7) is 8.24. The number of piperidine rings is 1. The van der Waals surface area contributed by atoms with Crippen molar-refractivity contribution in [1.29, 1.82) is 0 Å². The van der Waals surface area contributed by atoms with E-state index in [0.29, 0.717) is 6.61 Å². The van der Waals surface area contributed by atoms with Crippen molar-refractivity contribution < 1.29 is 14.6 Å². The summed E-state index contributed by atoms with van der Waals surface area (Å²) in [5.41, 5.74) is -0.405. The van der Waals surface area contributed by atoms with Gasteiger partial charge in [-0.05, 0) is 26.0 Å². The van der Waals surface area contributed by atoms with Crippen LogP contribution < -0.4 is 0 Å². The van der Waals surface area contributed by atoms with Crippen LogP contribution in [-0.4, -0.2) is 59.8 Å². The summed E-state index contributed by atoms with van der Waals surface area (Å²) >= 11 is 1.72. The summed E-state index contributed by atoms with van der Waals surface area (Å²) in [7, 11) is 0. The minimum absolute atomic E-state index is 0.101. The van der Waals surface area contributed by atoms with E-state index < -0.39 is 0 Å². The smallest absolute Gasteiger partial charge is 0.229 e. The molecule has 1 aliphatic carbocycles. The van der Waals surface area contributed by atoms with Crippen molar-refractivity contribution in [2.45, 2.75) is 52.2 Å². The van der Waals surface area contributed by atoms with E-state index in [-0.39, 0.29) is 28.9 Å². The SMILES string of the molecule is CCO[C@@H]1C[C@@H](O)C12CCN(C(=O)C(C)(C)CSC)CC2. The second kappa shape index (κ2) is 6.47. The number of hydrogen-bond acceptors (Lipinski definition) is 4. The van der Waals surface area contributed by atoms with E-state index in [1.165, 1.54) is 0 Å². The lowest BCUT2D eigenvalue weighted by atomic mass is 9.58. The molecule has 1 aliphatic heterocycles. The molecular weight excluding hydrogens is 286 g/mol. The van der Waals surface area contributed by atoms with Gasteiger partial charge in [0.05, 0.1) is 17.6 Å². The average Bonchev–Trinajstić information content (AvgIpc) is 2.46. The van der Waals surface area contributed by atoms with E-state index in [0.717, 1.165) is 38.1 Å². The summed E-state index contributed by atoms with van der Waals surface area (Å²) in [6.07, 6.45) is 4.43. The van der Waals surface area contributed by atoms with Crippen LogP contribution in [0.25, 0.3) is 0 Å². The molecule has 1 saturated carbocycles. The number of likely N-dealkylation sites (tertiary alicyclic amines) is 1. The third-order valence-corrected chi connectivity index (χ3v) is 6.19. The maximum Gasteiger partial charge on any atom is 0.229 e. The first-order valence-corrected chi connectivity index (χ1v) is 9.35. The molecule has 2 fully saturated rings. The van der Waals surface area contributed by atoms with Gasteiger partial charge in [0.25, 0.3) is 0 Å². The number of nitrogens with zero attached hydrogens (tertiary/aromatic N) is 1. The highest BCUT2D eigenvalue weighted by Gasteiger charge is 2.56. The van der Waals surface area contributed by atoms with Crippen LogP contribution in [0.1, 0.15) is 40.0 Å². The van der Waals surface area contributed by atoms with Gasteiger partial charge >= 0.3 is 0 Å². The minimum Gasteiger partial charge on any atom is -0.392 e. The zero-order chi connectivity index (χ0) is 15.7. The molecule has 21 heavy (non-hydrogen) atoms. The van der Waals surface area contributed by atoms with Crippen LogP contribution in [0.4, 0.5) is 0 Å². The van der Waals surface area contributed by atoms with Gasteiger partial charge in [-0.1, -0.05) is 13.8 Å². The molecule has 1 amide bonds. The maximum absolute atomic E-state index is 12.6. The number of rotatable bonds is 5. The molecule has 1 N–H and O–H groups in total. The Labute approximate surface area is 132 Å². The zero-order valence-electron chi connectivity index (χ0n) is 13.7. The Morgan fingerprint density at radius 3 is 2.52 bits per heavy atom. The van der Waals surface area contributed by atoms with E-state index >= 15 is 0 Å². The normalized spacial score (nSPS) is 28.5. The highest BCUT2D eigenvalue weighted by molar-refractivity contribution is 7.98. The lowest BCUT2D eigenvalue weighted by Crippen LogP contribution is -2.63. The van der Waals surface area contributed by atoms with E-state index in [4.69, 9.17) is 4.74 Å². The summed E-state index contributed by atoms with van der Waals surface area (Å²) < 4.78 is 5.78. The van der Waals surface area contributed by atoms with Crippen LogP contribution in [-0.2, 0) is 9.53 Å². The number of carbonyl (C=O) groups is 1. The molecule has 122 valence electrons. The van der Waals surface area contributed by atoms with Gasteiger partial charge in [-0.25, -0.2) is 0 Å². The molecule has 5 heteroatoms. The van der Waals surface area contributed by atoms with Gasteiger partial charge in [0.2, 0.25) is 5.91 Å².